The van der Waals surface area contributed by atoms with Crippen LogP contribution in [0, 0.1) is 6.92 Å². The predicted molar refractivity (Wildman–Crippen MR) is 108 cm³/mol. The molecule has 1 aromatic carbocycles. The van der Waals surface area contributed by atoms with Crippen LogP contribution in [-0.4, -0.2) is 59.7 Å². The van der Waals surface area contributed by atoms with Gasteiger partial charge >= 0.3 is 0 Å². The fraction of sp³-hybridized carbons (Fsp3) is 0.474. The van der Waals surface area contributed by atoms with Crippen molar-refractivity contribution >= 4 is 33.4 Å². The highest BCUT2D eigenvalue weighted by molar-refractivity contribution is 9.10. The number of nitrogens with one attached hydrogen (secondary N) is 3. The van der Waals surface area contributed by atoms with E-state index >= 15 is 0 Å². The van der Waals surface area contributed by atoms with Gasteiger partial charge in [0.1, 0.15) is 12.5 Å². The molecule has 2 atom stereocenters. The molecule has 2 saturated heterocycles. The molecule has 4 aliphatic rings. The van der Waals surface area contributed by atoms with Gasteiger partial charge in [-0.2, -0.15) is 0 Å². The summed E-state index contributed by atoms with van der Waals surface area (Å²) < 4.78 is 1.02. The van der Waals surface area contributed by atoms with Crippen molar-refractivity contribution in [3.05, 3.63) is 40.0 Å². The Hall–Kier alpha value is -1.94. The van der Waals surface area contributed by atoms with Crippen LogP contribution < -0.4 is 21.1 Å². The second-order valence-electron chi connectivity index (χ2n) is 7.78. The summed E-state index contributed by atoms with van der Waals surface area (Å²) in [6, 6.07) is 6.47. The van der Waals surface area contributed by atoms with E-state index in [-0.39, 0.29) is 24.3 Å². The molecule has 0 bridgehead atoms. The monoisotopic (exact) mass is 446 g/mol. The average molecular weight is 447 g/mol. The van der Waals surface area contributed by atoms with Crippen LogP contribution in [-0.2, 0) is 9.59 Å². The summed E-state index contributed by atoms with van der Waals surface area (Å²) >= 11 is 3.48. The lowest BCUT2D eigenvalue weighted by Gasteiger charge is -2.42. The lowest BCUT2D eigenvalue weighted by Crippen LogP contribution is -2.69. The van der Waals surface area contributed by atoms with Crippen LogP contribution in [0.25, 0.3) is 0 Å². The highest BCUT2D eigenvalue weighted by atomic mass is 79.9. The van der Waals surface area contributed by atoms with E-state index in [1.165, 1.54) is 0 Å². The van der Waals surface area contributed by atoms with Crippen molar-refractivity contribution in [3.63, 3.8) is 0 Å². The maximum absolute atomic E-state index is 12.7. The molecule has 1 aliphatic carbocycles. The number of hydrazine groups is 1. The maximum Gasteiger partial charge on any atom is 0.254 e. The SMILES string of the molecule is Cc1cc(Br)ccc1N1C=C2C(=O)NC(N3CCN(C4CC4)C(=O)C3)NC2N1. The van der Waals surface area contributed by atoms with Gasteiger partial charge in [-0.1, -0.05) is 15.9 Å². The van der Waals surface area contributed by atoms with Gasteiger partial charge in [0.15, 0.2) is 0 Å². The smallest absolute Gasteiger partial charge is 0.254 e. The standard InChI is InChI=1S/C19H23BrN6O2/c1-11-8-12(20)2-5-15(11)26-9-14-17(23-26)21-19(22-18(14)28)24-6-7-25(13-3-4-13)16(27)10-24/h2,5,8-9,13,17,19,21,23H,3-4,6-7,10H2,1H3,(H,22,28). The fourth-order valence-electron chi connectivity index (χ4n) is 4.11. The summed E-state index contributed by atoms with van der Waals surface area (Å²) in [5.74, 6) is 0.0354. The Balaban J connectivity index is 1.28. The third-order valence-corrected chi connectivity index (χ3v) is 6.25. The number of hydrogen-bond donors (Lipinski definition) is 3. The number of carbonyl (C=O) groups excluding carboxylic acids is 2. The van der Waals surface area contributed by atoms with Gasteiger partial charge in [-0.15, -0.1) is 0 Å². The van der Waals surface area contributed by atoms with E-state index in [1.807, 2.05) is 46.1 Å². The summed E-state index contributed by atoms with van der Waals surface area (Å²) in [4.78, 5) is 29.1. The van der Waals surface area contributed by atoms with E-state index in [2.05, 4.69) is 32.0 Å². The molecule has 0 spiro atoms. The van der Waals surface area contributed by atoms with Crippen molar-refractivity contribution in [1.29, 1.82) is 0 Å². The number of hydrogen-bond acceptors (Lipinski definition) is 6. The molecule has 8 nitrogen and oxygen atoms in total. The van der Waals surface area contributed by atoms with Crippen molar-refractivity contribution in [1.82, 2.24) is 25.9 Å². The molecule has 2 unspecified atom stereocenters. The molecule has 3 N–H and O–H groups in total. The van der Waals surface area contributed by atoms with Gasteiger partial charge < -0.3 is 10.2 Å². The molecule has 148 valence electrons. The lowest BCUT2D eigenvalue weighted by atomic mass is 10.1. The first-order chi connectivity index (χ1) is 13.5. The summed E-state index contributed by atoms with van der Waals surface area (Å²) in [5, 5.41) is 8.30. The lowest BCUT2D eigenvalue weighted by molar-refractivity contribution is -0.140. The number of aryl methyl sites for hydroxylation is 1. The first-order valence-corrected chi connectivity index (χ1v) is 10.4. The van der Waals surface area contributed by atoms with Crippen LogP contribution in [0.2, 0.25) is 0 Å². The van der Waals surface area contributed by atoms with Gasteiger partial charge in [-0.25, -0.2) is 5.43 Å². The quantitative estimate of drug-likeness (QED) is 0.630. The molecule has 3 aliphatic heterocycles. The Bertz CT molecular complexity index is 870. The number of amides is 2. The van der Waals surface area contributed by atoms with E-state index in [0.29, 0.717) is 18.2 Å². The number of fused-ring (bicyclic) bond motifs is 1. The van der Waals surface area contributed by atoms with Gasteiger partial charge in [0.2, 0.25) is 5.91 Å². The molecule has 28 heavy (non-hydrogen) atoms. The molecular weight excluding hydrogens is 424 g/mol. The first-order valence-electron chi connectivity index (χ1n) is 9.63. The minimum atomic E-state index is -0.363. The van der Waals surface area contributed by atoms with Crippen molar-refractivity contribution < 1.29 is 9.59 Å². The molecule has 0 aromatic heterocycles. The number of benzene rings is 1. The fourth-order valence-corrected chi connectivity index (χ4v) is 4.58. The van der Waals surface area contributed by atoms with Gasteiger partial charge in [-0.3, -0.25) is 24.8 Å². The summed E-state index contributed by atoms with van der Waals surface area (Å²) in [5.41, 5.74) is 6.07. The maximum atomic E-state index is 12.7. The van der Waals surface area contributed by atoms with E-state index < -0.39 is 0 Å². The number of rotatable bonds is 3. The Morgan fingerprint density at radius 3 is 2.71 bits per heavy atom. The number of anilines is 1. The topological polar surface area (TPSA) is 80.0 Å². The molecule has 1 saturated carbocycles. The van der Waals surface area contributed by atoms with Crippen LogP contribution in [0.1, 0.15) is 18.4 Å². The van der Waals surface area contributed by atoms with Gasteiger partial charge in [0, 0.05) is 29.8 Å². The molecule has 3 fully saturated rings. The van der Waals surface area contributed by atoms with E-state index in [4.69, 9.17) is 0 Å². The van der Waals surface area contributed by atoms with E-state index in [9.17, 15) is 9.59 Å². The van der Waals surface area contributed by atoms with Crippen molar-refractivity contribution in [2.24, 2.45) is 0 Å². The van der Waals surface area contributed by atoms with Crippen molar-refractivity contribution in [3.8, 4) is 0 Å². The third kappa shape index (κ3) is 3.22. The molecule has 2 amide bonds. The van der Waals surface area contributed by atoms with Crippen LogP contribution in [0.3, 0.4) is 0 Å². The summed E-state index contributed by atoms with van der Waals surface area (Å²) in [6.45, 7) is 3.84. The zero-order chi connectivity index (χ0) is 19.4. The molecule has 3 heterocycles. The third-order valence-electron chi connectivity index (χ3n) is 5.76. The zero-order valence-electron chi connectivity index (χ0n) is 15.6. The van der Waals surface area contributed by atoms with Gasteiger partial charge in [-0.05, 0) is 43.5 Å². The number of piperazine rings is 1. The molecule has 0 radical (unpaired) electrons. The van der Waals surface area contributed by atoms with Gasteiger partial charge in [0.05, 0.1) is 17.8 Å². The second-order valence-corrected chi connectivity index (χ2v) is 8.69. The normalized spacial score (nSPS) is 28.3. The largest absolute Gasteiger partial charge is 0.337 e. The zero-order valence-corrected chi connectivity index (χ0v) is 17.2. The number of nitrogens with zero attached hydrogens (tertiary/aromatic N) is 3. The summed E-state index contributed by atoms with van der Waals surface area (Å²) in [7, 11) is 0. The summed E-state index contributed by atoms with van der Waals surface area (Å²) in [6.07, 6.45) is 3.41. The average Bonchev–Trinajstić information content (AvgIpc) is 3.40. The highest BCUT2D eigenvalue weighted by Gasteiger charge is 2.42. The van der Waals surface area contributed by atoms with Crippen molar-refractivity contribution in [2.45, 2.75) is 38.3 Å². The van der Waals surface area contributed by atoms with E-state index in [1.54, 1.807) is 0 Å². The van der Waals surface area contributed by atoms with Crippen LogP contribution in [0.5, 0.6) is 0 Å². The first kappa shape index (κ1) is 18.1. The van der Waals surface area contributed by atoms with Gasteiger partial charge in [0.25, 0.3) is 5.91 Å². The Labute approximate surface area is 172 Å². The Kier molecular flexibility index (Phi) is 4.42. The molecular formula is C19H23BrN6O2. The second kappa shape index (κ2) is 6.84. The minimum absolute atomic E-state index is 0.115. The van der Waals surface area contributed by atoms with Crippen LogP contribution in [0.4, 0.5) is 5.69 Å². The van der Waals surface area contributed by atoms with Crippen molar-refractivity contribution in [2.75, 3.05) is 24.6 Å². The molecule has 1 aromatic rings. The van der Waals surface area contributed by atoms with Crippen LogP contribution >= 0.6 is 15.9 Å². The number of carbonyl (C=O) groups is 2. The predicted octanol–water partition coefficient (Wildman–Crippen LogP) is 0.602. The Morgan fingerprint density at radius 2 is 2.00 bits per heavy atom. The number of halogens is 1. The Morgan fingerprint density at radius 1 is 1.18 bits per heavy atom. The molecule has 9 heteroatoms. The van der Waals surface area contributed by atoms with Crippen LogP contribution in [0.15, 0.2) is 34.4 Å². The minimum Gasteiger partial charge on any atom is -0.337 e. The highest BCUT2D eigenvalue weighted by Crippen LogP contribution is 2.29. The molecule has 5 rings (SSSR count). The van der Waals surface area contributed by atoms with E-state index in [0.717, 1.165) is 41.7 Å².